The van der Waals surface area contributed by atoms with Crippen LogP contribution in [0.4, 0.5) is 0 Å². The van der Waals surface area contributed by atoms with E-state index in [2.05, 4.69) is 13.8 Å². The van der Waals surface area contributed by atoms with E-state index < -0.39 is 11.9 Å². The zero-order valence-corrected chi connectivity index (χ0v) is 8.73. The second-order valence-corrected chi connectivity index (χ2v) is 2.86. The maximum atomic E-state index is 10.5. The van der Waals surface area contributed by atoms with Gasteiger partial charge in [-0.1, -0.05) is 32.4 Å². The second-order valence-electron chi connectivity index (χ2n) is 2.86. The van der Waals surface area contributed by atoms with Gasteiger partial charge in [0, 0.05) is 0 Å². The van der Waals surface area contributed by atoms with E-state index in [0.717, 1.165) is 0 Å². The third-order valence-electron chi connectivity index (χ3n) is 1.39. The van der Waals surface area contributed by atoms with E-state index in [9.17, 15) is 9.59 Å². The summed E-state index contributed by atoms with van der Waals surface area (Å²) in [5, 5.41) is 17.1. The summed E-state index contributed by atoms with van der Waals surface area (Å²) in [6.45, 7) is 4.25. The summed E-state index contributed by atoms with van der Waals surface area (Å²) < 4.78 is 0. The van der Waals surface area contributed by atoms with E-state index in [-0.39, 0.29) is 11.1 Å². The summed E-state index contributed by atoms with van der Waals surface area (Å²) in [5.41, 5.74) is -0.380. The molecule has 4 heteroatoms. The molecule has 0 aliphatic rings. The summed E-state index contributed by atoms with van der Waals surface area (Å²) in [4.78, 5) is 20.9. The van der Waals surface area contributed by atoms with Crippen LogP contribution in [0.5, 0.6) is 0 Å². The van der Waals surface area contributed by atoms with Crippen LogP contribution in [0.15, 0.2) is 24.3 Å². The van der Waals surface area contributed by atoms with Crippen LogP contribution in [-0.2, 0) is 0 Å². The molecular weight excluding hydrogens is 196 g/mol. The van der Waals surface area contributed by atoms with Crippen molar-refractivity contribution in [1.82, 2.24) is 0 Å². The Morgan fingerprint density at radius 3 is 1.47 bits per heavy atom. The molecule has 82 valence electrons. The number of carboxylic acids is 2. The third kappa shape index (κ3) is 4.26. The predicted octanol–water partition coefficient (Wildman–Crippen LogP) is 2.50. The first-order chi connectivity index (χ1) is 7.04. The molecule has 0 fully saturated rings. The van der Waals surface area contributed by atoms with Crippen molar-refractivity contribution < 1.29 is 19.8 Å². The van der Waals surface area contributed by atoms with Gasteiger partial charge < -0.3 is 10.2 Å². The predicted molar refractivity (Wildman–Crippen MR) is 56.3 cm³/mol. The lowest BCUT2D eigenvalue weighted by atomic mass is 10.1. The van der Waals surface area contributed by atoms with Gasteiger partial charge in [-0.3, -0.25) is 0 Å². The Balaban J connectivity index is 0.000000583. The van der Waals surface area contributed by atoms with Crippen molar-refractivity contribution >= 4 is 11.9 Å². The number of rotatable bonds is 2. The van der Waals surface area contributed by atoms with E-state index in [1.807, 2.05) is 0 Å². The molecule has 1 rings (SSSR count). The van der Waals surface area contributed by atoms with Crippen LogP contribution in [0.3, 0.4) is 0 Å². The van der Waals surface area contributed by atoms with E-state index in [1.165, 1.54) is 30.7 Å². The number of carboxylic acid groups (broad SMARTS) is 2. The number of benzene rings is 1. The standard InChI is InChI=1S/C8H6O4.C3H8/c9-7(10)5-3-1-2-4-6(5)8(11)12;1-3-2/h1-4H,(H,9,10)(H,11,12);3H2,1-2H3. The minimum absolute atomic E-state index is 0.190. The fourth-order valence-corrected chi connectivity index (χ4v) is 0.856. The van der Waals surface area contributed by atoms with E-state index in [1.54, 1.807) is 0 Å². The van der Waals surface area contributed by atoms with Crippen LogP contribution in [0.2, 0.25) is 0 Å². The minimum atomic E-state index is -1.23. The van der Waals surface area contributed by atoms with Crippen molar-refractivity contribution in [3.05, 3.63) is 35.4 Å². The smallest absolute Gasteiger partial charge is 0.336 e. The Labute approximate surface area is 88.2 Å². The zero-order chi connectivity index (χ0) is 11.8. The second kappa shape index (κ2) is 6.59. The Bertz CT molecular complexity index is 311. The number of carbonyl (C=O) groups is 2. The van der Waals surface area contributed by atoms with Crippen molar-refractivity contribution in [2.24, 2.45) is 0 Å². The molecule has 4 nitrogen and oxygen atoms in total. The maximum absolute atomic E-state index is 10.5. The fraction of sp³-hybridized carbons (Fsp3) is 0.273. The lowest BCUT2D eigenvalue weighted by Gasteiger charge is -1.98. The summed E-state index contributed by atoms with van der Waals surface area (Å²) in [6, 6.07) is 5.48. The van der Waals surface area contributed by atoms with Crippen LogP contribution in [0.1, 0.15) is 41.0 Å². The third-order valence-corrected chi connectivity index (χ3v) is 1.39. The van der Waals surface area contributed by atoms with Crippen LogP contribution in [-0.4, -0.2) is 22.2 Å². The molecule has 0 saturated heterocycles. The van der Waals surface area contributed by atoms with Crippen molar-refractivity contribution in [1.29, 1.82) is 0 Å². The Hall–Kier alpha value is -1.84. The normalized spacial score (nSPS) is 8.67. The lowest BCUT2D eigenvalue weighted by Crippen LogP contribution is -2.06. The van der Waals surface area contributed by atoms with Crippen LogP contribution < -0.4 is 0 Å². The molecule has 0 aromatic heterocycles. The van der Waals surface area contributed by atoms with Gasteiger partial charge >= 0.3 is 11.9 Å². The molecule has 0 unspecified atom stereocenters. The highest BCUT2D eigenvalue weighted by Gasteiger charge is 2.13. The van der Waals surface area contributed by atoms with Crippen molar-refractivity contribution in [2.45, 2.75) is 20.3 Å². The van der Waals surface area contributed by atoms with Gasteiger partial charge in [-0.05, 0) is 12.1 Å². The Morgan fingerprint density at radius 1 is 1.00 bits per heavy atom. The molecule has 2 N–H and O–H groups in total. The van der Waals surface area contributed by atoms with Crippen LogP contribution >= 0.6 is 0 Å². The summed E-state index contributed by atoms with van der Waals surface area (Å²) in [7, 11) is 0. The highest BCUT2D eigenvalue weighted by atomic mass is 16.4. The summed E-state index contributed by atoms with van der Waals surface area (Å²) >= 11 is 0. The first kappa shape index (κ1) is 13.2. The van der Waals surface area contributed by atoms with Gasteiger partial charge in [-0.25, -0.2) is 9.59 Å². The number of hydrogen-bond donors (Lipinski definition) is 2. The molecule has 0 atom stereocenters. The Morgan fingerprint density at radius 2 is 1.27 bits per heavy atom. The molecule has 1 aromatic rings. The van der Waals surface area contributed by atoms with Gasteiger partial charge in [0.1, 0.15) is 0 Å². The monoisotopic (exact) mass is 210 g/mol. The SMILES string of the molecule is CCC.O=C(O)c1ccccc1C(=O)O. The highest BCUT2D eigenvalue weighted by Crippen LogP contribution is 2.07. The largest absolute Gasteiger partial charge is 0.478 e. The van der Waals surface area contributed by atoms with Gasteiger partial charge in [0.2, 0.25) is 0 Å². The van der Waals surface area contributed by atoms with Gasteiger partial charge in [-0.2, -0.15) is 0 Å². The zero-order valence-electron chi connectivity index (χ0n) is 8.73. The van der Waals surface area contributed by atoms with Crippen molar-refractivity contribution in [3.63, 3.8) is 0 Å². The first-order valence-electron chi connectivity index (χ1n) is 4.60. The fourth-order valence-electron chi connectivity index (χ4n) is 0.856. The van der Waals surface area contributed by atoms with E-state index in [4.69, 9.17) is 10.2 Å². The molecule has 15 heavy (non-hydrogen) atoms. The molecule has 1 aromatic carbocycles. The van der Waals surface area contributed by atoms with Gasteiger partial charge in [-0.15, -0.1) is 0 Å². The van der Waals surface area contributed by atoms with Crippen molar-refractivity contribution in [2.75, 3.05) is 0 Å². The molecule has 0 spiro atoms. The highest BCUT2D eigenvalue weighted by molar-refractivity contribution is 6.01. The molecule has 0 heterocycles. The maximum Gasteiger partial charge on any atom is 0.336 e. The lowest BCUT2D eigenvalue weighted by molar-refractivity contribution is 0.0651. The van der Waals surface area contributed by atoms with Gasteiger partial charge in [0.25, 0.3) is 0 Å². The minimum Gasteiger partial charge on any atom is -0.478 e. The molecule has 0 saturated carbocycles. The molecule has 0 amide bonds. The number of aromatic carboxylic acids is 2. The summed E-state index contributed by atoms with van der Waals surface area (Å²) in [6.07, 6.45) is 1.25. The molecule has 0 radical (unpaired) electrons. The van der Waals surface area contributed by atoms with Crippen molar-refractivity contribution in [3.8, 4) is 0 Å². The van der Waals surface area contributed by atoms with E-state index >= 15 is 0 Å². The summed E-state index contributed by atoms with van der Waals surface area (Å²) in [5.74, 6) is -2.46. The molecule has 0 aliphatic heterocycles. The van der Waals surface area contributed by atoms with Gasteiger partial charge in [0.05, 0.1) is 11.1 Å². The molecular formula is C11H14O4. The number of hydrogen-bond acceptors (Lipinski definition) is 2. The van der Waals surface area contributed by atoms with E-state index in [0.29, 0.717) is 0 Å². The quantitative estimate of drug-likeness (QED) is 0.786. The Kier molecular flexibility index (Phi) is 5.78. The average molecular weight is 210 g/mol. The first-order valence-corrected chi connectivity index (χ1v) is 4.60. The van der Waals surface area contributed by atoms with Crippen LogP contribution in [0, 0.1) is 0 Å². The molecule has 0 bridgehead atoms. The topological polar surface area (TPSA) is 74.6 Å². The van der Waals surface area contributed by atoms with Crippen LogP contribution in [0.25, 0.3) is 0 Å². The van der Waals surface area contributed by atoms with Gasteiger partial charge in [0.15, 0.2) is 0 Å². The molecule has 0 aliphatic carbocycles. The average Bonchev–Trinajstić information content (AvgIpc) is 2.19.